The molecule has 1 fully saturated rings. The van der Waals surface area contributed by atoms with Gasteiger partial charge in [-0.1, -0.05) is 6.92 Å². The van der Waals surface area contributed by atoms with Gasteiger partial charge in [0.05, 0.1) is 13.2 Å². The molecule has 5 heteroatoms. The molecule has 0 aromatic heterocycles. The van der Waals surface area contributed by atoms with Crippen molar-refractivity contribution in [2.24, 2.45) is 0 Å². The van der Waals surface area contributed by atoms with E-state index in [0.29, 0.717) is 6.10 Å². The Hall–Kier alpha value is -0.650. The number of carbonyl (C=O) groups is 1. The number of likely N-dealkylation sites (N-methyl/N-ethyl adjacent to an activating group) is 1. The number of carbonyl (C=O) groups excluding carboxylic acids is 1. The highest BCUT2D eigenvalue weighted by molar-refractivity contribution is 5.80. The summed E-state index contributed by atoms with van der Waals surface area (Å²) in [5.41, 5.74) is -0.574. The third-order valence-electron chi connectivity index (χ3n) is 4.16. The molecule has 2 unspecified atom stereocenters. The van der Waals surface area contributed by atoms with Gasteiger partial charge in [-0.15, -0.1) is 0 Å². The van der Waals surface area contributed by atoms with Gasteiger partial charge in [0.25, 0.3) is 0 Å². The maximum atomic E-state index is 12.0. The number of esters is 1. The second kappa shape index (κ2) is 9.38. The largest absolute Gasteiger partial charge is 0.468 e. The highest BCUT2D eigenvalue weighted by atomic mass is 16.5. The quantitative estimate of drug-likeness (QED) is 0.624. The predicted octanol–water partition coefficient (Wildman–Crippen LogP) is 1.81. The maximum absolute atomic E-state index is 12.0. The molecule has 0 spiro atoms. The van der Waals surface area contributed by atoms with Crippen molar-refractivity contribution in [2.45, 2.75) is 57.6 Å². The molecule has 1 rings (SSSR count). The van der Waals surface area contributed by atoms with E-state index in [1.807, 2.05) is 6.92 Å². The van der Waals surface area contributed by atoms with E-state index in [1.54, 1.807) is 0 Å². The smallest absolute Gasteiger partial charge is 0.325 e. The second-order valence-electron chi connectivity index (χ2n) is 6.25. The fourth-order valence-corrected chi connectivity index (χ4v) is 2.82. The van der Waals surface area contributed by atoms with Crippen molar-refractivity contribution in [3.63, 3.8) is 0 Å². The van der Waals surface area contributed by atoms with Crippen LogP contribution in [-0.2, 0) is 14.3 Å². The van der Waals surface area contributed by atoms with E-state index in [4.69, 9.17) is 9.47 Å². The number of hydrogen-bond donors (Lipinski definition) is 1. The van der Waals surface area contributed by atoms with Crippen LogP contribution in [-0.4, -0.2) is 62.9 Å². The van der Waals surface area contributed by atoms with Crippen LogP contribution >= 0.6 is 0 Å². The molecule has 1 aliphatic heterocycles. The zero-order valence-electron chi connectivity index (χ0n) is 14.1. The highest BCUT2D eigenvalue weighted by Crippen LogP contribution is 2.16. The SMILES string of the molecule is CCCNC(C)(CCCN(C)CC1CCCO1)C(=O)OC. The van der Waals surface area contributed by atoms with Crippen molar-refractivity contribution in [2.75, 3.05) is 40.4 Å². The first-order chi connectivity index (χ1) is 10.0. The molecule has 1 aliphatic rings. The van der Waals surface area contributed by atoms with Gasteiger partial charge in [0.1, 0.15) is 5.54 Å². The van der Waals surface area contributed by atoms with Crippen LogP contribution in [0.4, 0.5) is 0 Å². The molecule has 124 valence electrons. The van der Waals surface area contributed by atoms with Crippen LogP contribution in [0.5, 0.6) is 0 Å². The second-order valence-corrected chi connectivity index (χ2v) is 6.25. The molecule has 1 saturated heterocycles. The molecule has 0 saturated carbocycles. The Bertz CT molecular complexity index is 306. The average molecular weight is 300 g/mol. The zero-order valence-corrected chi connectivity index (χ0v) is 14.1. The normalized spacial score (nSPS) is 21.5. The van der Waals surface area contributed by atoms with Gasteiger partial charge in [-0.25, -0.2) is 0 Å². The van der Waals surface area contributed by atoms with Gasteiger partial charge in [0.2, 0.25) is 0 Å². The molecule has 0 radical (unpaired) electrons. The van der Waals surface area contributed by atoms with Gasteiger partial charge in [0.15, 0.2) is 0 Å². The first-order valence-corrected chi connectivity index (χ1v) is 8.15. The molecule has 0 bridgehead atoms. The molecule has 1 heterocycles. The van der Waals surface area contributed by atoms with Gasteiger partial charge in [-0.05, 0) is 59.2 Å². The first kappa shape index (κ1) is 18.4. The van der Waals surface area contributed by atoms with Crippen molar-refractivity contribution in [1.29, 1.82) is 0 Å². The lowest BCUT2D eigenvalue weighted by atomic mass is 9.95. The van der Waals surface area contributed by atoms with E-state index in [1.165, 1.54) is 20.0 Å². The van der Waals surface area contributed by atoms with E-state index >= 15 is 0 Å². The van der Waals surface area contributed by atoms with E-state index in [-0.39, 0.29) is 5.97 Å². The number of ether oxygens (including phenoxy) is 2. The summed E-state index contributed by atoms with van der Waals surface area (Å²) in [6.07, 6.45) is 5.49. The number of nitrogens with one attached hydrogen (secondary N) is 1. The number of rotatable bonds is 10. The van der Waals surface area contributed by atoms with Crippen LogP contribution in [0.25, 0.3) is 0 Å². The molecule has 1 N–H and O–H groups in total. The molecule has 0 amide bonds. The lowest BCUT2D eigenvalue weighted by Gasteiger charge is -2.29. The summed E-state index contributed by atoms with van der Waals surface area (Å²) < 4.78 is 10.6. The topological polar surface area (TPSA) is 50.8 Å². The van der Waals surface area contributed by atoms with Crippen molar-refractivity contribution in [1.82, 2.24) is 10.2 Å². The van der Waals surface area contributed by atoms with E-state index in [9.17, 15) is 4.79 Å². The Morgan fingerprint density at radius 1 is 1.52 bits per heavy atom. The first-order valence-electron chi connectivity index (χ1n) is 8.15. The Labute approximate surface area is 129 Å². The highest BCUT2D eigenvalue weighted by Gasteiger charge is 2.33. The van der Waals surface area contributed by atoms with E-state index < -0.39 is 5.54 Å². The standard InChI is InChI=1S/C16H32N2O3/c1-5-10-17-16(2,15(19)20-4)9-7-11-18(3)13-14-8-6-12-21-14/h14,17H,5-13H2,1-4H3. The van der Waals surface area contributed by atoms with Crippen molar-refractivity contribution in [3.05, 3.63) is 0 Å². The molecule has 0 aromatic rings. The molecular formula is C16H32N2O3. The van der Waals surface area contributed by atoms with Crippen molar-refractivity contribution >= 4 is 5.97 Å². The predicted molar refractivity (Wildman–Crippen MR) is 84.4 cm³/mol. The van der Waals surface area contributed by atoms with Crippen LogP contribution in [0.1, 0.15) is 46.0 Å². The van der Waals surface area contributed by atoms with Gasteiger partial charge in [-0.3, -0.25) is 4.79 Å². The van der Waals surface area contributed by atoms with Crippen LogP contribution in [0.2, 0.25) is 0 Å². The number of hydrogen-bond acceptors (Lipinski definition) is 5. The zero-order chi connectivity index (χ0) is 15.7. The maximum Gasteiger partial charge on any atom is 0.325 e. The Kier molecular flexibility index (Phi) is 8.22. The van der Waals surface area contributed by atoms with Gasteiger partial charge >= 0.3 is 5.97 Å². The minimum Gasteiger partial charge on any atom is -0.468 e. The fraction of sp³-hybridized carbons (Fsp3) is 0.938. The van der Waals surface area contributed by atoms with E-state index in [0.717, 1.165) is 45.5 Å². The number of nitrogens with zero attached hydrogens (tertiary/aromatic N) is 1. The van der Waals surface area contributed by atoms with Gasteiger partial charge < -0.3 is 19.7 Å². The molecular weight excluding hydrogens is 268 g/mol. The Morgan fingerprint density at radius 3 is 2.86 bits per heavy atom. The van der Waals surface area contributed by atoms with E-state index in [2.05, 4.69) is 24.2 Å². The van der Waals surface area contributed by atoms with Gasteiger partial charge in [-0.2, -0.15) is 0 Å². The van der Waals surface area contributed by atoms with Gasteiger partial charge in [0, 0.05) is 13.2 Å². The molecule has 5 nitrogen and oxygen atoms in total. The van der Waals surface area contributed by atoms with Crippen LogP contribution < -0.4 is 5.32 Å². The Morgan fingerprint density at radius 2 is 2.29 bits per heavy atom. The lowest BCUT2D eigenvalue weighted by molar-refractivity contribution is -0.148. The molecule has 2 atom stereocenters. The lowest BCUT2D eigenvalue weighted by Crippen LogP contribution is -2.50. The third kappa shape index (κ3) is 6.32. The monoisotopic (exact) mass is 300 g/mol. The summed E-state index contributed by atoms with van der Waals surface area (Å²) in [5.74, 6) is -0.169. The van der Waals surface area contributed by atoms with Crippen LogP contribution in [0.15, 0.2) is 0 Å². The van der Waals surface area contributed by atoms with Crippen LogP contribution in [0.3, 0.4) is 0 Å². The molecule has 0 aromatic carbocycles. The molecule has 0 aliphatic carbocycles. The minimum absolute atomic E-state index is 0.169. The molecule has 21 heavy (non-hydrogen) atoms. The van der Waals surface area contributed by atoms with Crippen LogP contribution in [0, 0.1) is 0 Å². The summed E-state index contributed by atoms with van der Waals surface area (Å²) in [6.45, 7) is 7.73. The summed E-state index contributed by atoms with van der Waals surface area (Å²) in [7, 11) is 3.58. The summed E-state index contributed by atoms with van der Waals surface area (Å²) in [4.78, 5) is 14.3. The van der Waals surface area contributed by atoms with Crippen molar-refractivity contribution in [3.8, 4) is 0 Å². The fourth-order valence-electron chi connectivity index (χ4n) is 2.82. The minimum atomic E-state index is -0.574. The summed E-state index contributed by atoms with van der Waals surface area (Å²) in [5, 5.41) is 3.33. The third-order valence-corrected chi connectivity index (χ3v) is 4.16. The van der Waals surface area contributed by atoms with Crippen molar-refractivity contribution < 1.29 is 14.3 Å². The summed E-state index contributed by atoms with van der Waals surface area (Å²) >= 11 is 0. The number of methoxy groups -OCH3 is 1. The Balaban J connectivity index is 2.32. The summed E-state index contributed by atoms with van der Waals surface area (Å²) in [6, 6.07) is 0. The average Bonchev–Trinajstić information content (AvgIpc) is 2.97.